The number of amides is 4. The lowest BCUT2D eigenvalue weighted by Gasteiger charge is -2.39. The number of piperazine rings is 2. The minimum atomic E-state index is -1.76. The van der Waals surface area contributed by atoms with E-state index in [0.29, 0.717) is 157 Å². The molecular formula is C79H123N15O32. The fourth-order valence-electron chi connectivity index (χ4n) is 13.7. The molecule has 4 amide bonds. The highest BCUT2D eigenvalue weighted by Gasteiger charge is 2.46. The molecule has 18 N–H and O–H groups in total. The summed E-state index contributed by atoms with van der Waals surface area (Å²) in [5.74, 6) is -1.63. The topological polar surface area (TPSA) is 631 Å². The Kier molecular flexibility index (Phi) is 45.1. The van der Waals surface area contributed by atoms with E-state index in [2.05, 4.69) is 62.1 Å². The molecule has 47 heteroatoms. The zero-order valence-electron chi connectivity index (χ0n) is 70.6. The van der Waals surface area contributed by atoms with Crippen molar-refractivity contribution >= 4 is 58.1 Å². The average molecular weight is 1790 g/mol. The maximum atomic E-state index is 13.1. The third-order valence-corrected chi connectivity index (χ3v) is 20.8. The first-order chi connectivity index (χ1) is 60.8. The van der Waals surface area contributed by atoms with Crippen LogP contribution in [0.15, 0.2) is 55.6 Å². The molecule has 4 aliphatic rings. The molecule has 0 saturated carbocycles. The van der Waals surface area contributed by atoms with Gasteiger partial charge in [-0.25, -0.2) is 9.59 Å². The number of rotatable bonds is 62. The molecule has 0 spiro atoms. The summed E-state index contributed by atoms with van der Waals surface area (Å²) in [7, 11) is 0. The number of non-ortho nitro benzene ring substituents is 2. The number of alkyl carbamates (subject to hydrolysis) is 2. The van der Waals surface area contributed by atoms with E-state index in [-0.39, 0.29) is 84.8 Å². The molecule has 8 rings (SSSR count). The molecule has 4 saturated heterocycles. The van der Waals surface area contributed by atoms with E-state index in [1.165, 1.54) is 12.1 Å². The van der Waals surface area contributed by atoms with Crippen molar-refractivity contribution in [2.45, 2.75) is 119 Å². The van der Waals surface area contributed by atoms with Crippen LogP contribution in [0, 0.1) is 20.2 Å². The normalized spacial score (nSPS) is 21.0. The van der Waals surface area contributed by atoms with Crippen molar-refractivity contribution in [3.63, 3.8) is 0 Å². The van der Waals surface area contributed by atoms with Crippen LogP contribution >= 0.6 is 0 Å². The third kappa shape index (κ3) is 34.1. The van der Waals surface area contributed by atoms with Gasteiger partial charge in [0.1, 0.15) is 96.3 Å². The fourth-order valence-corrected chi connectivity index (χ4v) is 13.7. The quantitative estimate of drug-likeness (QED) is 0.00857. The largest absolute Gasteiger partial charge is 0.462 e. The zero-order chi connectivity index (χ0) is 90.7. The number of nitro groups is 2. The highest BCUT2D eigenvalue weighted by Crippen LogP contribution is 2.31. The second kappa shape index (κ2) is 55.5. The number of carbonyl (C=O) groups excluding carboxylic acids is 4. The number of benzene rings is 2. The lowest BCUT2D eigenvalue weighted by molar-refractivity contribution is -0.385. The predicted molar refractivity (Wildman–Crippen MR) is 451 cm³/mol. The van der Waals surface area contributed by atoms with Crippen molar-refractivity contribution in [1.82, 2.24) is 40.9 Å². The Morgan fingerprint density at radius 3 is 0.976 bits per heavy atom. The van der Waals surface area contributed by atoms with Gasteiger partial charge >= 0.3 is 12.2 Å². The molecule has 4 aromatic rings. The Morgan fingerprint density at radius 2 is 0.675 bits per heavy atom. The molecule has 1 unspecified atom stereocenters. The van der Waals surface area contributed by atoms with Crippen molar-refractivity contribution in [2.24, 2.45) is 5.73 Å². The monoisotopic (exact) mass is 1790 g/mol. The molecule has 0 bridgehead atoms. The lowest BCUT2D eigenvalue weighted by atomic mass is 9.99. The molecule has 4 aliphatic heterocycles. The number of aliphatic hydroxyl groups excluding tert-OH is 8. The van der Waals surface area contributed by atoms with Crippen LogP contribution in [0.2, 0.25) is 0 Å². The number of hydrogen-bond donors (Lipinski definition) is 17. The van der Waals surface area contributed by atoms with Crippen LogP contribution in [-0.4, -0.2) is 398 Å². The van der Waals surface area contributed by atoms with E-state index in [1.54, 1.807) is 0 Å². The zero-order valence-corrected chi connectivity index (χ0v) is 70.6. The minimum Gasteiger partial charge on any atom is -0.462 e. The number of aliphatic hydroxyl groups is 8. The van der Waals surface area contributed by atoms with Gasteiger partial charge in [-0.05, 0) is 89.7 Å². The van der Waals surface area contributed by atoms with Gasteiger partial charge in [0.15, 0.2) is 0 Å². The Morgan fingerprint density at radius 1 is 0.397 bits per heavy atom. The number of nitrogens with two attached hydrogens (primary N) is 1. The van der Waals surface area contributed by atoms with Crippen molar-refractivity contribution in [3.8, 4) is 11.5 Å². The number of anilines is 4. The number of hydrogen-bond acceptors (Lipinski definition) is 41. The van der Waals surface area contributed by atoms with E-state index >= 15 is 0 Å². The molecular weight excluding hydrogens is 1670 g/mol. The van der Waals surface area contributed by atoms with E-state index in [0.717, 1.165) is 103 Å². The Labute approximate surface area is 725 Å². The highest BCUT2D eigenvalue weighted by molar-refractivity contribution is 5.96. The van der Waals surface area contributed by atoms with E-state index < -0.39 is 148 Å². The maximum Gasteiger partial charge on any atom is 0.407 e. The molecule has 0 radical (unpaired) electrons. The Bertz CT molecular complexity index is 3850. The Hall–Kier alpha value is -9.16. The minimum absolute atomic E-state index is 0.0889. The molecule has 11 atom stereocenters. The first-order valence-corrected chi connectivity index (χ1v) is 42.5. The van der Waals surface area contributed by atoms with Crippen molar-refractivity contribution in [2.75, 3.05) is 258 Å². The number of nitro benzene ring substituents is 2. The maximum absolute atomic E-state index is 13.1. The molecule has 4 heterocycles. The highest BCUT2D eigenvalue weighted by atomic mass is 16.7. The average Bonchev–Trinajstić information content (AvgIpc) is 1.28. The fraction of sp³-hybridized carbons (Fsp3) is 0.696. The SMILES string of the molecule is NC(COC(=O)NCCCOCCOCCOCCCNc1c(NCCCN2CCN(CCCNC(=O)c3cc(O[C@H]4O[C@H](CO)[C@H](O)[C@H](O)[C@H]4O)cc([N+](=O)[O-])c3)CC2)c(=O)c1=O)COC(=O)NCCCOCCOCCOCCCNc1c(NCCCN2CCN(CCCNC(=O)c3cc(O[C@H]4O[C@@H](CO)[C@@H](O)[C@@H](O)[C@H]4O)cc([N+](=O)[O-])c3)CC2)c(=O)c1=O. The molecule has 126 heavy (non-hydrogen) atoms. The summed E-state index contributed by atoms with van der Waals surface area (Å²) in [5.41, 5.74) is 3.67. The number of ether oxygens (including phenoxy) is 12. The summed E-state index contributed by atoms with van der Waals surface area (Å²) >= 11 is 0. The van der Waals surface area contributed by atoms with Crippen LogP contribution in [-0.2, 0) is 47.4 Å². The van der Waals surface area contributed by atoms with Gasteiger partial charge in [-0.3, -0.25) is 49.0 Å². The van der Waals surface area contributed by atoms with Gasteiger partial charge in [-0.15, -0.1) is 0 Å². The summed E-state index contributed by atoms with van der Waals surface area (Å²) in [6.07, 6.45) is -12.5. The van der Waals surface area contributed by atoms with Gasteiger partial charge in [0, 0.05) is 154 Å². The number of carbonyl (C=O) groups is 4. The van der Waals surface area contributed by atoms with Crippen LogP contribution in [0.3, 0.4) is 0 Å². The van der Waals surface area contributed by atoms with E-state index in [9.17, 15) is 99.4 Å². The molecule has 706 valence electrons. The van der Waals surface area contributed by atoms with Crippen LogP contribution in [0.4, 0.5) is 43.7 Å². The first-order valence-electron chi connectivity index (χ1n) is 42.5. The van der Waals surface area contributed by atoms with Crippen molar-refractivity contribution < 1.29 is 127 Å². The second-order valence-electron chi connectivity index (χ2n) is 30.3. The van der Waals surface area contributed by atoms with Gasteiger partial charge in [0.05, 0.1) is 94.1 Å². The van der Waals surface area contributed by atoms with Gasteiger partial charge in [0.25, 0.3) is 44.9 Å². The summed E-state index contributed by atoms with van der Waals surface area (Å²) in [4.78, 5) is 131. The van der Waals surface area contributed by atoms with E-state index in [1.807, 2.05) is 0 Å². The smallest absolute Gasteiger partial charge is 0.407 e. The van der Waals surface area contributed by atoms with Crippen LogP contribution < -0.4 is 79.5 Å². The molecule has 0 aromatic heterocycles. The van der Waals surface area contributed by atoms with Crippen LogP contribution in [0.1, 0.15) is 72.1 Å². The van der Waals surface area contributed by atoms with Crippen molar-refractivity contribution in [1.29, 1.82) is 0 Å². The molecule has 47 nitrogen and oxygen atoms in total. The van der Waals surface area contributed by atoms with E-state index in [4.69, 9.17) is 62.6 Å². The van der Waals surface area contributed by atoms with Gasteiger partial charge in [-0.1, -0.05) is 0 Å². The van der Waals surface area contributed by atoms with Gasteiger partial charge < -0.3 is 166 Å². The predicted octanol–water partition coefficient (Wildman–Crippen LogP) is -4.50. The summed E-state index contributed by atoms with van der Waals surface area (Å²) in [6, 6.07) is 5.86. The van der Waals surface area contributed by atoms with Crippen molar-refractivity contribution in [3.05, 3.63) is 109 Å². The number of nitrogens with one attached hydrogen (secondary N) is 8. The third-order valence-electron chi connectivity index (χ3n) is 20.8. The number of nitrogens with zero attached hydrogens (tertiary/aromatic N) is 6. The molecule has 4 fully saturated rings. The van der Waals surface area contributed by atoms with Crippen LogP contribution in [0.25, 0.3) is 0 Å². The van der Waals surface area contributed by atoms with Crippen LogP contribution in [0.5, 0.6) is 11.5 Å². The second-order valence-corrected chi connectivity index (χ2v) is 30.3. The first kappa shape index (κ1) is 102. The standard InChI is InChI=1S/C79H123N15O32/c80-53(49-121-78(109)87-15-7-31-117-35-39-119-37-33-115-29-5-13-83-62-60(66(99)68(62)101)81-9-1-17-89-21-25-91(26-22-89)19-3-11-85-74(107)51-41-54(93(111)112)45-56(43-51)123-76-72(105)70(103)64(97)58(47-95)125-76)50-122-79(110)88-16-8-32-118-36-40-120-38-34-116-30-6-14-84-63-61(67(100)69(63)102)82-10-2-18-90-23-27-92(28-24-90)20-4-12-86-75(108)52-42-55(94(113)114)46-57(44-52)124-77-73(106)71(104)65(98)59(48-96)126-77/h41-46,53,58-59,64-65,70-73,76-77,81-84,95-98,103-106H,1-40,47-50,80H2,(H,85,107)(H,86,108)(H,87,109)(H,88,110)/t53?,58-,59+,64+,65-,70+,71-,72-,73-,76+,77+/m1/s1. The summed E-state index contributed by atoms with van der Waals surface area (Å²) in [6.45, 7) is 14.7. The molecule has 0 aliphatic carbocycles. The summed E-state index contributed by atoms with van der Waals surface area (Å²) < 4.78 is 65.4. The lowest BCUT2D eigenvalue weighted by Crippen LogP contribution is -2.60. The van der Waals surface area contributed by atoms with Gasteiger partial charge in [0.2, 0.25) is 12.6 Å². The van der Waals surface area contributed by atoms with Gasteiger partial charge in [-0.2, -0.15) is 0 Å². The Balaban J connectivity index is 0.515. The molecule has 4 aromatic carbocycles. The summed E-state index contributed by atoms with van der Waals surface area (Å²) in [5, 5.41) is 126.